The molecule has 0 amide bonds. The van der Waals surface area contributed by atoms with E-state index < -0.39 is 12.4 Å². The van der Waals surface area contributed by atoms with Crippen LogP contribution in [0.5, 0.6) is 0 Å². The van der Waals surface area contributed by atoms with E-state index in [1.807, 2.05) is 0 Å². The maximum Gasteiger partial charge on any atom is 0.510 e. The van der Waals surface area contributed by atoms with Crippen LogP contribution in [-0.2, 0) is 0 Å². The molecule has 0 N–H and O–H groups in total. The molecule has 0 saturated heterocycles. The highest BCUT2D eigenvalue weighted by atomic mass is 32.1. The van der Waals surface area contributed by atoms with Gasteiger partial charge in [-0.1, -0.05) is 11.5 Å². The summed E-state index contributed by atoms with van der Waals surface area (Å²) in [6.07, 6.45) is 0.413. The number of aldehydes is 1. The van der Waals surface area contributed by atoms with E-state index in [4.69, 9.17) is 0 Å². The molecule has 11 heavy (non-hydrogen) atoms. The maximum atomic E-state index is 11.9. The van der Waals surface area contributed by atoms with Crippen LogP contribution in [0, 0.1) is 0 Å². The Morgan fingerprint density at radius 2 is 2.09 bits per heavy atom. The fraction of sp³-hybridized carbons (Fsp3) is 0. The lowest BCUT2D eigenvalue weighted by Crippen LogP contribution is -2.32. The van der Waals surface area contributed by atoms with Gasteiger partial charge in [0.2, 0.25) is 0 Å². The third kappa shape index (κ3) is 1.83. The molecule has 0 spiro atoms. The minimum absolute atomic E-state index is 0.110. The highest BCUT2D eigenvalue weighted by Crippen LogP contribution is 2.13. The third-order valence-corrected chi connectivity index (χ3v) is 2.01. The first kappa shape index (κ1) is 8.32. The van der Waals surface area contributed by atoms with Crippen molar-refractivity contribution in [1.29, 1.82) is 0 Å². The lowest BCUT2D eigenvalue weighted by Gasteiger charge is -2.10. The Hall–Kier alpha value is -0.775. The largest absolute Gasteiger partial charge is 0.510 e. The van der Waals surface area contributed by atoms with E-state index in [0.29, 0.717) is 6.29 Å². The topological polar surface area (TPSA) is 17.1 Å². The van der Waals surface area contributed by atoms with Gasteiger partial charge in [0.05, 0.1) is 4.88 Å². The molecule has 1 nitrogen and oxygen atoms in total. The normalized spacial score (nSPS) is 11.5. The Bertz CT molecular complexity index is 267. The van der Waals surface area contributed by atoms with Crippen LogP contribution < -0.4 is 5.46 Å². The smallest absolute Gasteiger partial charge is 0.445 e. The van der Waals surface area contributed by atoms with Gasteiger partial charge in [-0.15, -0.1) is 11.3 Å². The first-order valence-corrected chi connectivity index (χ1v) is 3.65. The summed E-state index contributed by atoms with van der Waals surface area (Å²) in [6, 6.07) is 0.859. The maximum absolute atomic E-state index is 11.9. The average molecular weight is 179 g/mol. The molecule has 0 radical (unpaired) electrons. The van der Waals surface area contributed by atoms with E-state index in [1.165, 1.54) is 0 Å². The molecule has 0 bridgehead atoms. The van der Waals surface area contributed by atoms with Crippen LogP contribution in [0.1, 0.15) is 9.67 Å². The number of hydrogen-bond donors (Lipinski definition) is 0. The molecule has 0 fully saturated rings. The number of halogens is 3. The fourth-order valence-electron chi connectivity index (χ4n) is 0.602. The van der Waals surface area contributed by atoms with Gasteiger partial charge in [-0.25, -0.2) is 0 Å². The molecule has 1 rings (SSSR count). The van der Waals surface area contributed by atoms with E-state index in [1.54, 1.807) is 0 Å². The number of carbonyl (C=O) groups excluding carboxylic acids is 1. The number of carbonyl (C=O) groups is 1. The Balaban J connectivity index is 2.98. The zero-order chi connectivity index (χ0) is 8.48. The van der Waals surface area contributed by atoms with Crippen LogP contribution in [0.25, 0.3) is 0 Å². The summed E-state index contributed by atoms with van der Waals surface area (Å²) in [5, 5.41) is 0.948. The molecule has 0 saturated carbocycles. The van der Waals surface area contributed by atoms with Crippen molar-refractivity contribution in [2.45, 2.75) is 0 Å². The summed E-state index contributed by atoms with van der Waals surface area (Å²) in [4.78, 5) is 10.1. The van der Waals surface area contributed by atoms with E-state index in [2.05, 4.69) is 0 Å². The number of thiophene rings is 1. The molecule has 0 atom stereocenters. The first-order chi connectivity index (χ1) is 5.04. The van der Waals surface area contributed by atoms with Gasteiger partial charge in [-0.3, -0.25) is 4.79 Å². The van der Waals surface area contributed by atoms with Crippen molar-refractivity contribution in [2.24, 2.45) is 0 Å². The predicted molar refractivity (Wildman–Crippen MR) is 38.4 cm³/mol. The van der Waals surface area contributed by atoms with E-state index >= 15 is 0 Å². The number of rotatable bonds is 2. The van der Waals surface area contributed by atoms with Crippen LogP contribution in [0.4, 0.5) is 12.9 Å². The summed E-state index contributed by atoms with van der Waals surface area (Å²) < 4.78 is 35.7. The molecule has 1 heterocycles. The average Bonchev–Trinajstić information content (AvgIpc) is 2.32. The monoisotopic (exact) mass is 179 g/mol. The minimum atomic E-state index is -4.94. The van der Waals surface area contributed by atoms with Crippen LogP contribution in [0.15, 0.2) is 11.4 Å². The highest BCUT2D eigenvalue weighted by molar-refractivity contribution is 7.13. The van der Waals surface area contributed by atoms with Crippen LogP contribution in [0.2, 0.25) is 0 Å². The first-order valence-electron chi connectivity index (χ1n) is 2.77. The molecule has 0 aliphatic heterocycles. The van der Waals surface area contributed by atoms with Crippen molar-refractivity contribution in [3.63, 3.8) is 0 Å². The van der Waals surface area contributed by atoms with Crippen molar-refractivity contribution >= 4 is 30.1 Å². The van der Waals surface area contributed by atoms with Crippen LogP contribution in [-0.4, -0.2) is 13.3 Å². The van der Waals surface area contributed by atoms with Gasteiger partial charge in [-0.05, 0) is 5.38 Å². The number of hydrogen-bond acceptors (Lipinski definition) is 2. The van der Waals surface area contributed by atoms with Crippen molar-refractivity contribution in [2.75, 3.05) is 0 Å². The Morgan fingerprint density at radius 1 is 1.45 bits per heavy atom. The molecule has 0 aromatic carbocycles. The quantitative estimate of drug-likeness (QED) is 0.497. The summed E-state index contributed by atoms with van der Waals surface area (Å²) in [6.45, 7) is -4.94. The van der Waals surface area contributed by atoms with Gasteiger partial charge in [0.15, 0.2) is 6.29 Å². The van der Waals surface area contributed by atoms with Gasteiger partial charge in [0.25, 0.3) is 0 Å². The molecule has 0 aliphatic rings. The van der Waals surface area contributed by atoms with Gasteiger partial charge < -0.3 is 12.9 Å². The van der Waals surface area contributed by atoms with E-state index in [0.717, 1.165) is 22.8 Å². The predicted octanol–water partition coefficient (Wildman–Crippen LogP) is 1.61. The summed E-state index contributed by atoms with van der Waals surface area (Å²) >= 11 is 0.804. The molecule has 0 unspecified atom stereocenters. The van der Waals surface area contributed by atoms with Crippen molar-refractivity contribution in [3.8, 4) is 0 Å². The Kier molecular flexibility index (Phi) is 2.04. The second kappa shape index (κ2) is 2.69. The zero-order valence-corrected chi connectivity index (χ0v) is 6.08. The molecular formula is C5H3BF3OS-. The van der Waals surface area contributed by atoms with Gasteiger partial charge >= 0.3 is 6.98 Å². The van der Waals surface area contributed by atoms with Crippen molar-refractivity contribution < 1.29 is 17.7 Å². The van der Waals surface area contributed by atoms with Crippen molar-refractivity contribution in [3.05, 3.63) is 16.3 Å². The molecule has 1 aromatic heterocycles. The molecule has 1 aromatic rings. The minimum Gasteiger partial charge on any atom is -0.445 e. The lowest BCUT2D eigenvalue weighted by molar-refractivity contribution is 0.112. The molecular weight excluding hydrogens is 176 g/mol. The van der Waals surface area contributed by atoms with E-state index in [9.17, 15) is 17.7 Å². The fourth-order valence-corrected chi connectivity index (χ4v) is 1.36. The lowest BCUT2D eigenvalue weighted by atomic mass is 9.82. The van der Waals surface area contributed by atoms with Crippen molar-refractivity contribution in [1.82, 2.24) is 0 Å². The summed E-state index contributed by atoms with van der Waals surface area (Å²) in [5.41, 5.74) is -0.697. The molecule has 6 heteroatoms. The third-order valence-electron chi connectivity index (χ3n) is 1.13. The van der Waals surface area contributed by atoms with Crippen LogP contribution in [0.3, 0.4) is 0 Å². The Morgan fingerprint density at radius 3 is 2.36 bits per heavy atom. The van der Waals surface area contributed by atoms with E-state index in [-0.39, 0.29) is 4.88 Å². The molecule has 60 valence electrons. The Labute approximate surface area is 64.9 Å². The van der Waals surface area contributed by atoms with Crippen LogP contribution >= 0.6 is 11.3 Å². The zero-order valence-electron chi connectivity index (χ0n) is 5.26. The highest BCUT2D eigenvalue weighted by Gasteiger charge is 2.26. The molecule has 0 aliphatic carbocycles. The second-order valence-electron chi connectivity index (χ2n) is 1.98. The van der Waals surface area contributed by atoms with Gasteiger partial charge in [-0.2, -0.15) is 0 Å². The second-order valence-corrected chi connectivity index (χ2v) is 2.92. The van der Waals surface area contributed by atoms with Gasteiger partial charge in [0, 0.05) is 0 Å². The summed E-state index contributed by atoms with van der Waals surface area (Å²) in [5.74, 6) is 0. The van der Waals surface area contributed by atoms with Gasteiger partial charge in [0.1, 0.15) is 0 Å². The summed E-state index contributed by atoms with van der Waals surface area (Å²) in [7, 11) is 0. The standard InChI is InChI=1S/C5H3BF3OS/c7-6(8,9)4-1-5(2-10)11-3-4/h1-3H/q-1. The SMILES string of the molecule is O=Cc1cc([B-](F)(F)F)cs1.